The van der Waals surface area contributed by atoms with E-state index < -0.39 is 12.0 Å². The standard InChI is InChI=1S/C14H28N2O3/c1-6-7-15-11(12(17)18)8-16-9-13(2,3)19-14(4,5)10-16/h11,15H,6-10H2,1-5H3,(H,17,18). The smallest absolute Gasteiger partial charge is 0.322 e. The van der Waals surface area contributed by atoms with E-state index in [9.17, 15) is 9.90 Å². The van der Waals surface area contributed by atoms with Gasteiger partial charge in [0, 0.05) is 19.6 Å². The molecule has 0 saturated carbocycles. The Labute approximate surface area is 116 Å². The van der Waals surface area contributed by atoms with Crippen LogP contribution in [0.5, 0.6) is 0 Å². The molecule has 1 aliphatic rings. The van der Waals surface area contributed by atoms with Crippen LogP contribution in [0.3, 0.4) is 0 Å². The molecular weight excluding hydrogens is 244 g/mol. The van der Waals surface area contributed by atoms with Gasteiger partial charge in [0.15, 0.2) is 0 Å². The van der Waals surface area contributed by atoms with Crippen LogP contribution < -0.4 is 5.32 Å². The molecule has 112 valence electrons. The van der Waals surface area contributed by atoms with E-state index >= 15 is 0 Å². The van der Waals surface area contributed by atoms with Crippen LogP contribution in [0.15, 0.2) is 0 Å². The van der Waals surface area contributed by atoms with Crippen molar-refractivity contribution in [3.63, 3.8) is 0 Å². The van der Waals surface area contributed by atoms with Crippen molar-refractivity contribution in [1.29, 1.82) is 0 Å². The lowest BCUT2D eigenvalue weighted by molar-refractivity contribution is -0.182. The number of carboxylic acid groups (broad SMARTS) is 1. The highest BCUT2D eigenvalue weighted by Gasteiger charge is 2.39. The van der Waals surface area contributed by atoms with Gasteiger partial charge in [-0.15, -0.1) is 0 Å². The van der Waals surface area contributed by atoms with Crippen LogP contribution in [0.1, 0.15) is 41.0 Å². The van der Waals surface area contributed by atoms with Crippen LogP contribution in [0.4, 0.5) is 0 Å². The summed E-state index contributed by atoms with van der Waals surface area (Å²) in [6, 6.07) is -0.510. The monoisotopic (exact) mass is 272 g/mol. The van der Waals surface area contributed by atoms with Crippen molar-refractivity contribution < 1.29 is 14.6 Å². The number of hydrogen-bond donors (Lipinski definition) is 2. The second kappa shape index (κ2) is 6.20. The number of rotatable bonds is 6. The molecule has 1 rings (SSSR count). The van der Waals surface area contributed by atoms with E-state index in [4.69, 9.17) is 4.74 Å². The molecule has 0 aromatic rings. The first-order valence-electron chi connectivity index (χ1n) is 7.04. The van der Waals surface area contributed by atoms with Gasteiger partial charge in [0.05, 0.1) is 11.2 Å². The molecule has 1 unspecified atom stereocenters. The Morgan fingerprint density at radius 1 is 1.32 bits per heavy atom. The van der Waals surface area contributed by atoms with Crippen molar-refractivity contribution >= 4 is 5.97 Å². The van der Waals surface area contributed by atoms with E-state index in [2.05, 4.69) is 37.9 Å². The number of carboxylic acids is 1. The normalized spacial score (nSPS) is 24.1. The topological polar surface area (TPSA) is 61.8 Å². The Hall–Kier alpha value is -0.650. The minimum atomic E-state index is -0.782. The minimum Gasteiger partial charge on any atom is -0.480 e. The first-order valence-corrected chi connectivity index (χ1v) is 7.04. The molecule has 0 amide bonds. The molecule has 0 aromatic carbocycles. The molecule has 1 heterocycles. The number of carbonyl (C=O) groups is 1. The van der Waals surface area contributed by atoms with Crippen LogP contribution in [-0.4, -0.2) is 59.4 Å². The third-order valence-corrected chi connectivity index (χ3v) is 3.14. The lowest BCUT2D eigenvalue weighted by Gasteiger charge is -2.47. The van der Waals surface area contributed by atoms with Crippen LogP contribution in [-0.2, 0) is 9.53 Å². The van der Waals surface area contributed by atoms with Crippen molar-refractivity contribution in [2.75, 3.05) is 26.2 Å². The maximum atomic E-state index is 11.3. The van der Waals surface area contributed by atoms with Crippen molar-refractivity contribution in [3.05, 3.63) is 0 Å². The van der Waals surface area contributed by atoms with Gasteiger partial charge in [-0.1, -0.05) is 6.92 Å². The fourth-order valence-corrected chi connectivity index (χ4v) is 2.88. The Morgan fingerprint density at radius 3 is 2.26 bits per heavy atom. The highest BCUT2D eigenvalue weighted by Crippen LogP contribution is 2.27. The summed E-state index contributed by atoms with van der Waals surface area (Å²) in [4.78, 5) is 13.5. The second-order valence-corrected chi connectivity index (χ2v) is 6.64. The molecule has 0 spiro atoms. The molecule has 0 bridgehead atoms. The molecule has 2 N–H and O–H groups in total. The average molecular weight is 272 g/mol. The molecule has 19 heavy (non-hydrogen) atoms. The zero-order chi connectivity index (χ0) is 14.7. The average Bonchev–Trinajstić information content (AvgIpc) is 2.19. The molecule has 1 saturated heterocycles. The third-order valence-electron chi connectivity index (χ3n) is 3.14. The molecule has 1 atom stereocenters. The molecule has 0 aromatic heterocycles. The summed E-state index contributed by atoms with van der Waals surface area (Å²) in [7, 11) is 0. The van der Waals surface area contributed by atoms with Gasteiger partial charge >= 0.3 is 5.97 Å². The predicted molar refractivity (Wildman–Crippen MR) is 75.4 cm³/mol. The van der Waals surface area contributed by atoms with Crippen molar-refractivity contribution in [1.82, 2.24) is 10.2 Å². The highest BCUT2D eigenvalue weighted by atomic mass is 16.5. The second-order valence-electron chi connectivity index (χ2n) is 6.64. The van der Waals surface area contributed by atoms with E-state index in [-0.39, 0.29) is 11.2 Å². The third kappa shape index (κ3) is 5.47. The fourth-order valence-electron chi connectivity index (χ4n) is 2.88. The summed E-state index contributed by atoms with van der Waals surface area (Å²) in [6.45, 7) is 13.0. The maximum Gasteiger partial charge on any atom is 0.322 e. The number of aliphatic carboxylic acids is 1. The Bertz CT molecular complexity index is 300. The van der Waals surface area contributed by atoms with Crippen LogP contribution >= 0.6 is 0 Å². The van der Waals surface area contributed by atoms with E-state index in [0.717, 1.165) is 26.1 Å². The summed E-state index contributed by atoms with van der Waals surface area (Å²) in [6.07, 6.45) is 0.934. The molecule has 5 heteroatoms. The molecular formula is C14H28N2O3. The molecule has 0 aliphatic carbocycles. The first kappa shape index (κ1) is 16.4. The Morgan fingerprint density at radius 2 is 1.84 bits per heavy atom. The van der Waals surface area contributed by atoms with Crippen LogP contribution in [0, 0.1) is 0 Å². The summed E-state index contributed by atoms with van der Waals surface area (Å²) < 4.78 is 6.01. The number of nitrogens with one attached hydrogen (secondary N) is 1. The van der Waals surface area contributed by atoms with Gasteiger partial charge in [-0.25, -0.2) is 0 Å². The van der Waals surface area contributed by atoms with E-state index in [1.807, 2.05) is 6.92 Å². The summed E-state index contributed by atoms with van der Waals surface area (Å²) >= 11 is 0. The van der Waals surface area contributed by atoms with Gasteiger partial charge in [-0.3, -0.25) is 9.69 Å². The Kier molecular flexibility index (Phi) is 5.35. The number of hydrogen-bond acceptors (Lipinski definition) is 4. The SMILES string of the molecule is CCCNC(CN1CC(C)(C)OC(C)(C)C1)C(=O)O. The van der Waals surface area contributed by atoms with Gasteiger partial charge in [0.25, 0.3) is 0 Å². The molecule has 1 aliphatic heterocycles. The van der Waals surface area contributed by atoms with Crippen molar-refractivity contribution in [3.8, 4) is 0 Å². The van der Waals surface area contributed by atoms with Gasteiger partial charge < -0.3 is 15.2 Å². The number of nitrogens with zero attached hydrogens (tertiary/aromatic N) is 1. The van der Waals surface area contributed by atoms with E-state index in [1.54, 1.807) is 0 Å². The molecule has 5 nitrogen and oxygen atoms in total. The van der Waals surface area contributed by atoms with Crippen LogP contribution in [0.25, 0.3) is 0 Å². The highest BCUT2D eigenvalue weighted by molar-refractivity contribution is 5.73. The number of morpholine rings is 1. The summed E-state index contributed by atoms with van der Waals surface area (Å²) in [5.41, 5.74) is -0.481. The van der Waals surface area contributed by atoms with Crippen molar-refractivity contribution in [2.24, 2.45) is 0 Å². The van der Waals surface area contributed by atoms with Gasteiger partial charge in [0.1, 0.15) is 6.04 Å². The molecule has 0 radical (unpaired) electrons. The van der Waals surface area contributed by atoms with Crippen molar-refractivity contribution in [2.45, 2.75) is 58.3 Å². The lowest BCUT2D eigenvalue weighted by atomic mass is 9.98. The zero-order valence-electron chi connectivity index (χ0n) is 12.8. The van der Waals surface area contributed by atoms with E-state index in [1.165, 1.54) is 0 Å². The van der Waals surface area contributed by atoms with Gasteiger partial charge in [0.2, 0.25) is 0 Å². The van der Waals surface area contributed by atoms with Gasteiger partial charge in [-0.05, 0) is 40.7 Å². The fraction of sp³-hybridized carbons (Fsp3) is 0.929. The van der Waals surface area contributed by atoms with E-state index in [0.29, 0.717) is 6.54 Å². The maximum absolute atomic E-state index is 11.3. The largest absolute Gasteiger partial charge is 0.480 e. The lowest BCUT2D eigenvalue weighted by Crippen LogP contribution is -2.60. The van der Waals surface area contributed by atoms with Crippen LogP contribution in [0.2, 0.25) is 0 Å². The number of ether oxygens (including phenoxy) is 1. The minimum absolute atomic E-state index is 0.241. The quantitative estimate of drug-likeness (QED) is 0.764. The summed E-state index contributed by atoms with van der Waals surface area (Å²) in [5, 5.41) is 12.4. The first-order chi connectivity index (χ1) is 8.65. The predicted octanol–water partition coefficient (Wildman–Crippen LogP) is 1.33. The summed E-state index contributed by atoms with van der Waals surface area (Å²) in [5.74, 6) is -0.782. The Balaban J connectivity index is 2.65. The van der Waals surface area contributed by atoms with Gasteiger partial charge in [-0.2, -0.15) is 0 Å². The molecule has 1 fully saturated rings. The zero-order valence-corrected chi connectivity index (χ0v) is 12.8.